The van der Waals surface area contributed by atoms with Crippen LogP contribution in [0.5, 0.6) is 0 Å². The van der Waals surface area contributed by atoms with Gasteiger partial charge in [-0.05, 0) is 12.8 Å². The number of likely N-dealkylation sites (N-methyl/N-ethyl adjacent to an activating group) is 1. The lowest BCUT2D eigenvalue weighted by Gasteiger charge is -2.27. The van der Waals surface area contributed by atoms with E-state index >= 15 is 0 Å². The molecule has 1 rings (SSSR count). The molecule has 0 aromatic heterocycles. The van der Waals surface area contributed by atoms with Gasteiger partial charge in [-0.25, -0.2) is 4.79 Å². The fraction of sp³-hybridized carbons (Fsp3) is 0.833. The molecule has 18 heavy (non-hydrogen) atoms. The van der Waals surface area contributed by atoms with E-state index in [-0.39, 0.29) is 24.3 Å². The quantitative estimate of drug-likeness (QED) is 0.458. The van der Waals surface area contributed by atoms with Crippen molar-refractivity contribution < 1.29 is 26.5 Å². The Bertz CT molecular complexity index is 322. The Morgan fingerprint density at radius 1 is 1.17 bits per heavy atom. The van der Waals surface area contributed by atoms with E-state index in [4.69, 9.17) is 0 Å². The average molecular weight is 278 g/mol. The minimum absolute atomic E-state index is 0. The number of halogens is 1. The number of imide groups is 1. The predicted octanol–water partition coefficient (Wildman–Crippen LogP) is -2.19. The van der Waals surface area contributed by atoms with Crippen LogP contribution >= 0.6 is 0 Å². The van der Waals surface area contributed by atoms with Gasteiger partial charge in [-0.3, -0.25) is 9.69 Å². The van der Waals surface area contributed by atoms with Gasteiger partial charge in [-0.15, -0.1) is 0 Å². The number of hydrogen-bond acceptors (Lipinski definition) is 2. The summed E-state index contributed by atoms with van der Waals surface area (Å²) in [4.78, 5) is 25.4. The van der Waals surface area contributed by atoms with Crippen molar-refractivity contribution in [3.63, 3.8) is 0 Å². The molecule has 6 heteroatoms. The molecule has 0 atom stereocenters. The maximum Gasteiger partial charge on any atom is 0.325 e. The number of urea groups is 1. The van der Waals surface area contributed by atoms with Crippen LogP contribution in [0.15, 0.2) is 0 Å². The smallest absolute Gasteiger partial charge is 0.325 e. The highest BCUT2D eigenvalue weighted by atomic mass is 35.5. The van der Waals surface area contributed by atoms with E-state index in [1.165, 1.54) is 4.90 Å². The minimum Gasteiger partial charge on any atom is -1.00 e. The lowest BCUT2D eigenvalue weighted by atomic mass is 9.93. The largest absolute Gasteiger partial charge is 1.00 e. The summed E-state index contributed by atoms with van der Waals surface area (Å²) in [7, 11) is 6.14. The molecule has 0 radical (unpaired) electrons. The summed E-state index contributed by atoms with van der Waals surface area (Å²) in [6, 6.07) is -0.243. The lowest BCUT2D eigenvalue weighted by Crippen LogP contribution is -3.00. The van der Waals surface area contributed by atoms with Crippen molar-refractivity contribution >= 4 is 11.9 Å². The van der Waals surface area contributed by atoms with Gasteiger partial charge in [0.2, 0.25) is 0 Å². The van der Waals surface area contributed by atoms with Crippen molar-refractivity contribution in [1.82, 2.24) is 10.2 Å². The molecule has 0 spiro atoms. The molecular formula is C12H24ClN3O2. The van der Waals surface area contributed by atoms with E-state index in [1.807, 2.05) is 35.0 Å². The van der Waals surface area contributed by atoms with Crippen molar-refractivity contribution in [1.29, 1.82) is 0 Å². The highest BCUT2D eigenvalue weighted by molar-refractivity contribution is 6.06. The summed E-state index contributed by atoms with van der Waals surface area (Å²) in [6.45, 7) is 5.12. The van der Waals surface area contributed by atoms with E-state index in [1.54, 1.807) is 0 Å². The molecule has 1 heterocycles. The molecule has 3 amide bonds. The zero-order chi connectivity index (χ0) is 13.3. The minimum atomic E-state index is -0.665. The highest BCUT2D eigenvalue weighted by Gasteiger charge is 2.48. The van der Waals surface area contributed by atoms with Gasteiger partial charge >= 0.3 is 6.03 Å². The number of rotatable bonds is 5. The fourth-order valence-corrected chi connectivity index (χ4v) is 2.01. The predicted molar refractivity (Wildman–Crippen MR) is 66.5 cm³/mol. The Kier molecular flexibility index (Phi) is 5.62. The van der Waals surface area contributed by atoms with Crippen LogP contribution in [0.4, 0.5) is 4.79 Å². The molecular weight excluding hydrogens is 254 g/mol. The number of hydrogen-bond donors (Lipinski definition) is 1. The van der Waals surface area contributed by atoms with Crippen LogP contribution in [0.25, 0.3) is 0 Å². The number of carbonyl (C=O) groups is 2. The van der Waals surface area contributed by atoms with Crippen LogP contribution < -0.4 is 17.7 Å². The van der Waals surface area contributed by atoms with Gasteiger partial charge in [0.25, 0.3) is 5.91 Å². The Morgan fingerprint density at radius 3 is 2.00 bits per heavy atom. The maximum atomic E-state index is 12.3. The van der Waals surface area contributed by atoms with Gasteiger partial charge in [-0.1, -0.05) is 13.8 Å². The molecule has 106 valence electrons. The molecule has 0 bridgehead atoms. The zero-order valence-corrected chi connectivity index (χ0v) is 12.7. The van der Waals surface area contributed by atoms with Crippen molar-refractivity contribution in [2.75, 3.05) is 34.2 Å². The molecule has 0 saturated carbocycles. The maximum absolute atomic E-state index is 12.3. The van der Waals surface area contributed by atoms with Crippen LogP contribution in [-0.4, -0.2) is 61.1 Å². The molecule has 0 unspecified atom stereocenters. The van der Waals surface area contributed by atoms with Crippen LogP contribution in [-0.2, 0) is 4.79 Å². The van der Waals surface area contributed by atoms with Gasteiger partial charge in [0.05, 0.1) is 34.2 Å². The molecule has 1 fully saturated rings. The second kappa shape index (κ2) is 5.89. The fourth-order valence-electron chi connectivity index (χ4n) is 2.01. The second-order valence-corrected chi connectivity index (χ2v) is 5.69. The van der Waals surface area contributed by atoms with Crippen LogP contribution in [0.2, 0.25) is 0 Å². The number of amides is 3. The molecule has 1 aliphatic rings. The Balaban J connectivity index is 0.00000289. The van der Waals surface area contributed by atoms with Gasteiger partial charge < -0.3 is 22.2 Å². The number of nitrogens with zero attached hydrogens (tertiary/aromatic N) is 2. The molecule has 1 N–H and O–H groups in total. The third-order valence-electron chi connectivity index (χ3n) is 3.45. The van der Waals surface area contributed by atoms with Crippen LogP contribution in [0, 0.1) is 0 Å². The molecule has 0 aromatic rings. The first kappa shape index (κ1) is 17.2. The summed E-state index contributed by atoms with van der Waals surface area (Å²) in [5.74, 6) is -0.0686. The van der Waals surface area contributed by atoms with Crippen molar-refractivity contribution in [2.45, 2.75) is 32.2 Å². The summed E-state index contributed by atoms with van der Waals surface area (Å²) in [5.41, 5.74) is -0.665. The lowest BCUT2D eigenvalue weighted by molar-refractivity contribution is -0.869. The Morgan fingerprint density at radius 2 is 1.67 bits per heavy atom. The summed E-state index contributed by atoms with van der Waals surface area (Å²) in [5, 5.41) is 2.83. The number of carbonyl (C=O) groups excluding carboxylic acids is 2. The van der Waals surface area contributed by atoms with Crippen molar-refractivity contribution in [2.24, 2.45) is 0 Å². The first-order valence-electron chi connectivity index (χ1n) is 6.20. The molecule has 0 aliphatic carbocycles. The molecule has 1 aliphatic heterocycles. The molecule has 5 nitrogen and oxygen atoms in total. The topological polar surface area (TPSA) is 49.4 Å². The molecule has 0 aromatic carbocycles. The first-order chi connectivity index (χ1) is 7.75. The average Bonchev–Trinajstić information content (AvgIpc) is 2.47. The summed E-state index contributed by atoms with van der Waals surface area (Å²) >= 11 is 0. The van der Waals surface area contributed by atoms with E-state index in [9.17, 15) is 9.59 Å². The SMILES string of the molecule is CCC1(CC)NC(=O)N(CC[N+](C)(C)C)C1=O.[Cl-]. The van der Waals surface area contributed by atoms with Gasteiger partial charge in [0, 0.05) is 0 Å². The Labute approximate surface area is 116 Å². The highest BCUT2D eigenvalue weighted by Crippen LogP contribution is 2.24. The van der Waals surface area contributed by atoms with Gasteiger partial charge in [0.15, 0.2) is 0 Å². The third-order valence-corrected chi connectivity index (χ3v) is 3.45. The van der Waals surface area contributed by atoms with Gasteiger partial charge in [0.1, 0.15) is 5.54 Å². The van der Waals surface area contributed by atoms with Crippen LogP contribution in [0.3, 0.4) is 0 Å². The normalized spacial score (nSPS) is 18.6. The van der Waals surface area contributed by atoms with Crippen molar-refractivity contribution in [3.8, 4) is 0 Å². The number of quaternary nitrogens is 1. The second-order valence-electron chi connectivity index (χ2n) is 5.69. The molecule has 1 saturated heterocycles. The van der Waals surface area contributed by atoms with Crippen molar-refractivity contribution in [3.05, 3.63) is 0 Å². The standard InChI is InChI=1S/C12H23N3O2.ClH/c1-6-12(7-2)10(16)14(11(17)13-12)8-9-15(3,4)5;/h6-9H2,1-5H3;1H. The van der Waals surface area contributed by atoms with E-state index in [0.717, 1.165) is 11.0 Å². The Hall–Kier alpha value is -0.810. The first-order valence-corrected chi connectivity index (χ1v) is 6.20. The van der Waals surface area contributed by atoms with E-state index < -0.39 is 5.54 Å². The summed E-state index contributed by atoms with van der Waals surface area (Å²) in [6.07, 6.45) is 1.30. The number of nitrogens with one attached hydrogen (secondary N) is 1. The third kappa shape index (κ3) is 3.36. The van der Waals surface area contributed by atoms with Crippen LogP contribution in [0.1, 0.15) is 26.7 Å². The van der Waals surface area contributed by atoms with Gasteiger partial charge in [-0.2, -0.15) is 0 Å². The van der Waals surface area contributed by atoms with E-state index in [2.05, 4.69) is 5.32 Å². The van der Waals surface area contributed by atoms with E-state index in [0.29, 0.717) is 19.4 Å². The zero-order valence-electron chi connectivity index (χ0n) is 11.9. The monoisotopic (exact) mass is 277 g/mol. The summed E-state index contributed by atoms with van der Waals surface area (Å²) < 4.78 is 0.738.